The standard InChI is InChI=1S/C28H45N7/c1-5-25-21-27(7-1)32-11-3-9-29-10-4-12-33-28-8-2-6-26(22-28)24-35-19-15-30-13-17-34(23-25)18-14-31-16-20-35/h1-2,5-8,21-22,29-33H,3-4,9-20,23-24H2. The average Bonchev–Trinajstić information content (AvgIpc) is 2.86. The molecule has 7 heteroatoms. The Labute approximate surface area is 212 Å². The molecule has 5 N–H and O–H groups in total. The highest BCUT2D eigenvalue weighted by Gasteiger charge is 2.11. The van der Waals surface area contributed by atoms with Crippen LogP contribution in [0.4, 0.5) is 11.4 Å². The van der Waals surface area contributed by atoms with Crippen LogP contribution in [-0.4, -0.2) is 88.3 Å². The molecule has 2 aromatic carbocycles. The van der Waals surface area contributed by atoms with Crippen LogP contribution in [-0.2, 0) is 13.1 Å². The van der Waals surface area contributed by atoms with Gasteiger partial charge in [0.15, 0.2) is 0 Å². The Morgan fingerprint density at radius 3 is 1.37 bits per heavy atom. The molecule has 0 saturated carbocycles. The number of anilines is 2. The first-order chi connectivity index (χ1) is 17.3. The molecule has 6 bridgehead atoms. The van der Waals surface area contributed by atoms with E-state index in [1.54, 1.807) is 0 Å². The lowest BCUT2D eigenvalue weighted by Gasteiger charge is -2.27. The SMILES string of the molecule is c1cc2cc(c1)NCCCNCCCNc1cccc(c1)CN1CCNCCN(CCNCC1)C2. The van der Waals surface area contributed by atoms with Crippen molar-refractivity contribution in [2.45, 2.75) is 25.9 Å². The maximum Gasteiger partial charge on any atom is 0.0343 e. The zero-order chi connectivity index (χ0) is 24.0. The Kier molecular flexibility index (Phi) is 11.2. The van der Waals surface area contributed by atoms with E-state index in [4.69, 9.17) is 0 Å². The van der Waals surface area contributed by atoms with E-state index in [1.807, 2.05) is 0 Å². The number of rotatable bonds is 0. The van der Waals surface area contributed by atoms with Crippen LogP contribution >= 0.6 is 0 Å². The molecule has 0 atom stereocenters. The summed E-state index contributed by atoms with van der Waals surface area (Å²) in [6.07, 6.45) is 2.25. The van der Waals surface area contributed by atoms with Crippen LogP contribution in [0.3, 0.4) is 0 Å². The van der Waals surface area contributed by atoms with Crippen LogP contribution in [0.5, 0.6) is 0 Å². The summed E-state index contributed by atoms with van der Waals surface area (Å²) in [7, 11) is 0. The molecule has 0 unspecified atom stereocenters. The van der Waals surface area contributed by atoms with Crippen molar-refractivity contribution in [1.82, 2.24) is 25.8 Å². The van der Waals surface area contributed by atoms with Gasteiger partial charge in [-0.15, -0.1) is 0 Å². The Balaban J connectivity index is 1.41. The second-order valence-corrected chi connectivity index (χ2v) is 9.76. The highest BCUT2D eigenvalue weighted by molar-refractivity contribution is 5.46. The number of benzene rings is 2. The third kappa shape index (κ3) is 9.78. The molecular weight excluding hydrogens is 434 g/mol. The average molecular weight is 480 g/mol. The zero-order valence-corrected chi connectivity index (χ0v) is 21.3. The molecule has 3 heterocycles. The summed E-state index contributed by atoms with van der Waals surface area (Å²) in [5.41, 5.74) is 5.23. The van der Waals surface area contributed by atoms with E-state index >= 15 is 0 Å². The van der Waals surface area contributed by atoms with Crippen molar-refractivity contribution >= 4 is 11.4 Å². The molecule has 0 aromatic heterocycles. The Morgan fingerprint density at radius 2 is 0.914 bits per heavy atom. The molecule has 1 fully saturated rings. The number of fused-ring (bicyclic) bond motifs is 16. The predicted molar refractivity (Wildman–Crippen MR) is 148 cm³/mol. The van der Waals surface area contributed by atoms with Crippen molar-refractivity contribution in [2.24, 2.45) is 0 Å². The number of nitrogens with one attached hydrogen (secondary N) is 5. The minimum Gasteiger partial charge on any atom is -0.385 e. The molecule has 1 saturated heterocycles. The third-order valence-electron chi connectivity index (χ3n) is 6.80. The van der Waals surface area contributed by atoms with Crippen molar-refractivity contribution in [3.8, 4) is 0 Å². The summed E-state index contributed by atoms with van der Waals surface area (Å²) in [5, 5.41) is 18.2. The van der Waals surface area contributed by atoms with Gasteiger partial charge in [0.05, 0.1) is 0 Å². The first-order valence-corrected chi connectivity index (χ1v) is 13.6. The number of hydrogen-bond donors (Lipinski definition) is 5. The highest BCUT2D eigenvalue weighted by Crippen LogP contribution is 2.14. The van der Waals surface area contributed by atoms with E-state index in [2.05, 4.69) is 84.9 Å². The fraction of sp³-hybridized carbons (Fsp3) is 0.571. The van der Waals surface area contributed by atoms with Gasteiger partial charge in [0.25, 0.3) is 0 Å². The predicted octanol–water partition coefficient (Wildman–Crippen LogP) is 2.39. The molecular formula is C28H45N7. The van der Waals surface area contributed by atoms with Crippen LogP contribution < -0.4 is 26.6 Å². The number of nitrogens with zero attached hydrogens (tertiary/aromatic N) is 2. The van der Waals surface area contributed by atoms with Crippen molar-refractivity contribution in [3.63, 3.8) is 0 Å². The van der Waals surface area contributed by atoms with Gasteiger partial charge in [-0.05, 0) is 61.3 Å². The monoisotopic (exact) mass is 479 g/mol. The van der Waals surface area contributed by atoms with E-state index in [-0.39, 0.29) is 0 Å². The molecule has 0 spiro atoms. The summed E-state index contributed by atoms with van der Waals surface area (Å²) < 4.78 is 0. The normalized spacial score (nSPS) is 24.0. The van der Waals surface area contributed by atoms with Crippen LogP contribution in [0.2, 0.25) is 0 Å². The van der Waals surface area contributed by atoms with E-state index in [9.17, 15) is 0 Å². The van der Waals surface area contributed by atoms with Crippen molar-refractivity contribution in [1.29, 1.82) is 0 Å². The summed E-state index contributed by atoms with van der Waals surface area (Å²) >= 11 is 0. The summed E-state index contributed by atoms with van der Waals surface area (Å²) in [6, 6.07) is 17.9. The fourth-order valence-electron chi connectivity index (χ4n) is 4.83. The maximum absolute atomic E-state index is 3.69. The molecule has 2 aromatic rings. The van der Waals surface area contributed by atoms with Gasteiger partial charge in [-0.1, -0.05) is 24.3 Å². The summed E-state index contributed by atoms with van der Waals surface area (Å²) in [5.74, 6) is 0. The smallest absolute Gasteiger partial charge is 0.0343 e. The minimum atomic E-state index is 0.996. The topological polar surface area (TPSA) is 66.6 Å². The molecule has 7 nitrogen and oxygen atoms in total. The first-order valence-electron chi connectivity index (χ1n) is 13.6. The van der Waals surface area contributed by atoms with Gasteiger partial charge >= 0.3 is 0 Å². The van der Waals surface area contributed by atoms with Crippen LogP contribution in [0, 0.1) is 0 Å². The lowest BCUT2D eigenvalue weighted by atomic mass is 10.1. The Bertz CT molecular complexity index is 777. The maximum atomic E-state index is 3.69. The highest BCUT2D eigenvalue weighted by atomic mass is 15.2. The van der Waals surface area contributed by atoms with Crippen LogP contribution in [0.15, 0.2) is 48.5 Å². The van der Waals surface area contributed by atoms with E-state index in [1.165, 1.54) is 22.5 Å². The van der Waals surface area contributed by atoms with Crippen molar-refractivity contribution in [2.75, 3.05) is 89.2 Å². The molecule has 3 aliphatic rings. The van der Waals surface area contributed by atoms with Crippen molar-refractivity contribution in [3.05, 3.63) is 59.7 Å². The van der Waals surface area contributed by atoms with Crippen LogP contribution in [0.25, 0.3) is 0 Å². The lowest BCUT2D eigenvalue weighted by molar-refractivity contribution is 0.233. The summed E-state index contributed by atoms with van der Waals surface area (Å²) in [4.78, 5) is 5.14. The fourth-order valence-corrected chi connectivity index (χ4v) is 4.83. The molecule has 192 valence electrons. The molecule has 3 aliphatic heterocycles. The molecule has 35 heavy (non-hydrogen) atoms. The quantitative estimate of drug-likeness (QED) is 0.398. The van der Waals surface area contributed by atoms with Crippen molar-refractivity contribution < 1.29 is 0 Å². The van der Waals surface area contributed by atoms with Gasteiger partial charge in [0, 0.05) is 89.9 Å². The Hall–Kier alpha value is -2.16. The molecule has 0 amide bonds. The number of hydrogen-bond acceptors (Lipinski definition) is 7. The minimum absolute atomic E-state index is 0.996. The second kappa shape index (κ2) is 15.1. The first kappa shape index (κ1) is 25.9. The van der Waals surface area contributed by atoms with Gasteiger partial charge in [0.2, 0.25) is 0 Å². The molecule has 0 aliphatic carbocycles. The molecule has 5 rings (SSSR count). The van der Waals surface area contributed by atoms with Gasteiger partial charge in [-0.25, -0.2) is 0 Å². The Morgan fingerprint density at radius 1 is 0.486 bits per heavy atom. The van der Waals surface area contributed by atoms with Gasteiger partial charge in [-0.3, -0.25) is 9.80 Å². The second-order valence-electron chi connectivity index (χ2n) is 9.76. The van der Waals surface area contributed by atoms with Gasteiger partial charge in [0.1, 0.15) is 0 Å². The lowest BCUT2D eigenvalue weighted by Crippen LogP contribution is -2.42. The van der Waals surface area contributed by atoms with E-state index in [0.29, 0.717) is 0 Å². The van der Waals surface area contributed by atoms with Gasteiger partial charge in [-0.2, -0.15) is 0 Å². The van der Waals surface area contributed by atoms with Gasteiger partial charge < -0.3 is 26.6 Å². The van der Waals surface area contributed by atoms with E-state index < -0.39 is 0 Å². The van der Waals surface area contributed by atoms with E-state index in [0.717, 1.165) is 104 Å². The molecule has 0 radical (unpaired) electrons. The van der Waals surface area contributed by atoms with Crippen LogP contribution in [0.1, 0.15) is 24.0 Å². The third-order valence-corrected chi connectivity index (χ3v) is 6.80. The summed E-state index contributed by atoms with van der Waals surface area (Å²) in [6.45, 7) is 14.5. The zero-order valence-electron chi connectivity index (χ0n) is 21.3. The largest absolute Gasteiger partial charge is 0.385 e.